The number of nitriles is 1. The molecule has 0 N–H and O–H groups in total. The Morgan fingerprint density at radius 2 is 2.00 bits per heavy atom. The van der Waals surface area contributed by atoms with Crippen molar-refractivity contribution in [1.29, 1.82) is 5.26 Å². The van der Waals surface area contributed by atoms with E-state index < -0.39 is 5.97 Å². The standard InChI is InChI=1S/C11H18N2O3/c1-6-15-11(14)9(7-12)10(13(4)5)16-8(2)3/h8H,6H2,1-5H3/b10-9-. The van der Waals surface area contributed by atoms with Gasteiger partial charge in [-0.15, -0.1) is 0 Å². The smallest absolute Gasteiger partial charge is 0.354 e. The zero-order valence-corrected chi connectivity index (χ0v) is 10.4. The van der Waals surface area contributed by atoms with Crippen LogP contribution in [0.1, 0.15) is 20.8 Å². The first kappa shape index (κ1) is 14.3. The maximum atomic E-state index is 11.5. The summed E-state index contributed by atoms with van der Waals surface area (Å²) < 4.78 is 10.2. The number of ether oxygens (including phenoxy) is 2. The fourth-order valence-electron chi connectivity index (χ4n) is 0.995. The van der Waals surface area contributed by atoms with E-state index >= 15 is 0 Å². The minimum atomic E-state index is -0.658. The molecule has 0 saturated heterocycles. The number of hydrogen-bond donors (Lipinski definition) is 0. The summed E-state index contributed by atoms with van der Waals surface area (Å²) in [5.41, 5.74) is -0.111. The van der Waals surface area contributed by atoms with Crippen molar-refractivity contribution in [2.45, 2.75) is 26.9 Å². The van der Waals surface area contributed by atoms with Gasteiger partial charge in [-0.25, -0.2) is 4.79 Å². The van der Waals surface area contributed by atoms with E-state index in [1.807, 2.05) is 19.9 Å². The summed E-state index contributed by atoms with van der Waals surface area (Å²) in [4.78, 5) is 13.1. The molecule has 0 spiro atoms. The predicted octanol–water partition coefficient (Wildman–Crippen LogP) is 1.27. The summed E-state index contributed by atoms with van der Waals surface area (Å²) in [5, 5.41) is 8.94. The van der Waals surface area contributed by atoms with Crippen molar-refractivity contribution >= 4 is 5.97 Å². The highest BCUT2D eigenvalue weighted by molar-refractivity contribution is 5.93. The lowest BCUT2D eigenvalue weighted by Gasteiger charge is -2.21. The molecule has 0 amide bonds. The van der Waals surface area contributed by atoms with Crippen LogP contribution in [0, 0.1) is 11.3 Å². The minimum Gasteiger partial charge on any atom is -0.475 e. The summed E-state index contributed by atoms with van der Waals surface area (Å²) in [7, 11) is 3.41. The molecule has 0 heterocycles. The molecule has 0 atom stereocenters. The molecule has 0 aromatic heterocycles. The molecule has 5 nitrogen and oxygen atoms in total. The van der Waals surface area contributed by atoms with Crippen molar-refractivity contribution in [3.8, 4) is 6.07 Å². The van der Waals surface area contributed by atoms with E-state index in [1.54, 1.807) is 25.9 Å². The fraction of sp³-hybridized carbons (Fsp3) is 0.636. The van der Waals surface area contributed by atoms with E-state index in [-0.39, 0.29) is 24.2 Å². The second-order valence-corrected chi connectivity index (χ2v) is 3.57. The van der Waals surface area contributed by atoms with Gasteiger partial charge in [-0.1, -0.05) is 0 Å². The quantitative estimate of drug-likeness (QED) is 0.306. The Morgan fingerprint density at radius 3 is 2.31 bits per heavy atom. The Hall–Kier alpha value is -1.70. The lowest BCUT2D eigenvalue weighted by Crippen LogP contribution is -2.22. The Bertz CT molecular complexity index is 314. The van der Waals surface area contributed by atoms with Gasteiger partial charge in [0.1, 0.15) is 6.07 Å². The molecule has 0 radical (unpaired) electrons. The van der Waals surface area contributed by atoms with Crippen LogP contribution in [-0.2, 0) is 14.3 Å². The van der Waals surface area contributed by atoms with Crippen molar-refractivity contribution in [3.63, 3.8) is 0 Å². The van der Waals surface area contributed by atoms with Gasteiger partial charge in [0.15, 0.2) is 5.57 Å². The van der Waals surface area contributed by atoms with Crippen LogP contribution < -0.4 is 0 Å². The minimum absolute atomic E-state index is 0.111. The van der Waals surface area contributed by atoms with Gasteiger partial charge in [0.25, 0.3) is 0 Å². The Balaban J connectivity index is 5.17. The molecular weight excluding hydrogens is 208 g/mol. The largest absolute Gasteiger partial charge is 0.475 e. The molecule has 0 aromatic carbocycles. The highest BCUT2D eigenvalue weighted by Crippen LogP contribution is 2.12. The Labute approximate surface area is 96.2 Å². The number of carbonyl (C=O) groups excluding carboxylic acids is 1. The number of carbonyl (C=O) groups is 1. The molecule has 0 aliphatic carbocycles. The van der Waals surface area contributed by atoms with Crippen LogP contribution in [0.15, 0.2) is 11.5 Å². The third kappa shape index (κ3) is 4.22. The average molecular weight is 226 g/mol. The molecule has 0 aliphatic rings. The molecule has 0 unspecified atom stereocenters. The van der Waals surface area contributed by atoms with Crippen LogP contribution in [0.4, 0.5) is 0 Å². The second kappa shape index (κ2) is 6.72. The normalized spacial score (nSPS) is 11.6. The van der Waals surface area contributed by atoms with Crippen LogP contribution in [0.25, 0.3) is 0 Å². The molecule has 16 heavy (non-hydrogen) atoms. The van der Waals surface area contributed by atoms with E-state index in [4.69, 9.17) is 14.7 Å². The first-order chi connectivity index (χ1) is 7.43. The third-order valence-corrected chi connectivity index (χ3v) is 1.56. The van der Waals surface area contributed by atoms with Crippen LogP contribution in [0.3, 0.4) is 0 Å². The van der Waals surface area contributed by atoms with Gasteiger partial charge in [-0.2, -0.15) is 5.26 Å². The van der Waals surface area contributed by atoms with E-state index in [9.17, 15) is 4.79 Å². The SMILES string of the molecule is CCOC(=O)/C(C#N)=C(\OC(C)C)N(C)C. The van der Waals surface area contributed by atoms with E-state index in [0.717, 1.165) is 0 Å². The number of rotatable bonds is 5. The third-order valence-electron chi connectivity index (χ3n) is 1.56. The van der Waals surface area contributed by atoms with Crippen LogP contribution in [-0.4, -0.2) is 37.7 Å². The monoisotopic (exact) mass is 226 g/mol. The van der Waals surface area contributed by atoms with Crippen molar-refractivity contribution in [1.82, 2.24) is 4.90 Å². The van der Waals surface area contributed by atoms with Crippen LogP contribution >= 0.6 is 0 Å². The molecule has 0 aliphatic heterocycles. The van der Waals surface area contributed by atoms with Crippen molar-refractivity contribution in [2.75, 3.05) is 20.7 Å². The Morgan fingerprint density at radius 1 is 1.44 bits per heavy atom. The zero-order chi connectivity index (χ0) is 12.7. The van der Waals surface area contributed by atoms with Gasteiger partial charge in [-0.05, 0) is 20.8 Å². The summed E-state index contributed by atoms with van der Waals surface area (Å²) >= 11 is 0. The lowest BCUT2D eigenvalue weighted by molar-refractivity contribution is -0.138. The molecule has 5 heteroatoms. The summed E-state index contributed by atoms with van der Waals surface area (Å²) in [6.07, 6.45) is -0.116. The maximum Gasteiger partial charge on any atom is 0.354 e. The first-order valence-corrected chi connectivity index (χ1v) is 5.09. The van der Waals surface area contributed by atoms with Gasteiger partial charge >= 0.3 is 5.97 Å². The van der Waals surface area contributed by atoms with Gasteiger partial charge in [0.2, 0.25) is 5.88 Å². The molecule has 0 bridgehead atoms. The number of hydrogen-bond acceptors (Lipinski definition) is 5. The van der Waals surface area contributed by atoms with Crippen LogP contribution in [0.5, 0.6) is 0 Å². The lowest BCUT2D eigenvalue weighted by atomic mass is 10.3. The highest BCUT2D eigenvalue weighted by Gasteiger charge is 2.20. The van der Waals surface area contributed by atoms with E-state index in [2.05, 4.69) is 0 Å². The molecule has 90 valence electrons. The first-order valence-electron chi connectivity index (χ1n) is 5.09. The second-order valence-electron chi connectivity index (χ2n) is 3.57. The molecule has 0 aromatic rings. The van der Waals surface area contributed by atoms with Crippen LogP contribution in [0.2, 0.25) is 0 Å². The van der Waals surface area contributed by atoms with Gasteiger partial charge in [0, 0.05) is 14.1 Å². The molecule has 0 saturated carbocycles. The number of nitrogens with zero attached hydrogens (tertiary/aromatic N) is 2. The molecule has 0 rings (SSSR count). The number of esters is 1. The maximum absolute atomic E-state index is 11.5. The van der Waals surface area contributed by atoms with E-state index in [0.29, 0.717) is 0 Å². The van der Waals surface area contributed by atoms with Crippen molar-refractivity contribution in [2.24, 2.45) is 0 Å². The zero-order valence-electron chi connectivity index (χ0n) is 10.4. The summed E-state index contributed by atoms with van der Waals surface area (Å²) in [6, 6.07) is 1.81. The van der Waals surface area contributed by atoms with E-state index in [1.165, 1.54) is 0 Å². The highest BCUT2D eigenvalue weighted by atomic mass is 16.5. The topological polar surface area (TPSA) is 62.6 Å². The fourth-order valence-corrected chi connectivity index (χ4v) is 0.995. The van der Waals surface area contributed by atoms with Crippen molar-refractivity contribution < 1.29 is 14.3 Å². The van der Waals surface area contributed by atoms with Crippen molar-refractivity contribution in [3.05, 3.63) is 11.5 Å². The molecular formula is C11H18N2O3. The molecule has 0 fully saturated rings. The summed E-state index contributed by atoms with van der Waals surface area (Å²) in [5.74, 6) is -0.426. The Kier molecular flexibility index (Phi) is 6.01. The van der Waals surface area contributed by atoms with Gasteiger partial charge < -0.3 is 14.4 Å². The average Bonchev–Trinajstić information content (AvgIpc) is 2.17. The predicted molar refractivity (Wildman–Crippen MR) is 59.2 cm³/mol. The van der Waals surface area contributed by atoms with Gasteiger partial charge in [-0.3, -0.25) is 0 Å². The summed E-state index contributed by atoms with van der Waals surface area (Å²) in [6.45, 7) is 5.56. The van der Waals surface area contributed by atoms with Gasteiger partial charge in [0.05, 0.1) is 12.7 Å².